The summed E-state index contributed by atoms with van der Waals surface area (Å²) in [5, 5.41) is 12.9. The molecular formula is C26H34N2O4. The van der Waals surface area contributed by atoms with Gasteiger partial charge in [0.15, 0.2) is 0 Å². The number of amides is 1. The molecule has 0 radical (unpaired) electrons. The fourth-order valence-corrected chi connectivity index (χ4v) is 4.48. The fourth-order valence-electron chi connectivity index (χ4n) is 4.48. The number of aromatic hydroxyl groups is 1. The topological polar surface area (TPSA) is 78.9 Å². The summed E-state index contributed by atoms with van der Waals surface area (Å²) in [6, 6.07) is 8.83. The lowest BCUT2D eigenvalue weighted by Crippen LogP contribution is -2.36. The van der Waals surface area contributed by atoms with E-state index in [1.807, 2.05) is 0 Å². The molecule has 1 aliphatic heterocycles. The van der Waals surface area contributed by atoms with E-state index >= 15 is 0 Å². The zero-order chi connectivity index (χ0) is 23.5. The van der Waals surface area contributed by atoms with Crippen LogP contribution in [0.3, 0.4) is 0 Å². The van der Waals surface area contributed by atoms with Gasteiger partial charge in [-0.05, 0) is 66.5 Å². The first-order valence-electron chi connectivity index (χ1n) is 11.2. The number of hydrogen-bond acceptors (Lipinski definition) is 5. The van der Waals surface area contributed by atoms with Crippen LogP contribution in [-0.4, -0.2) is 43.2 Å². The lowest BCUT2D eigenvalue weighted by molar-refractivity contribution is -0.140. The van der Waals surface area contributed by atoms with Crippen LogP contribution in [-0.2, 0) is 22.4 Å². The van der Waals surface area contributed by atoms with E-state index < -0.39 is 0 Å². The van der Waals surface area contributed by atoms with Crippen LogP contribution in [0.2, 0.25) is 0 Å². The number of fused-ring (bicyclic) bond motifs is 1. The fraction of sp³-hybridized carbons (Fsp3) is 0.462. The summed E-state index contributed by atoms with van der Waals surface area (Å²) in [6.45, 7) is 12.5. The van der Waals surface area contributed by atoms with Gasteiger partial charge >= 0.3 is 5.97 Å². The number of hydrogen-bond donors (Lipinski definition) is 2. The molecule has 2 aromatic rings. The lowest BCUT2D eigenvalue weighted by Gasteiger charge is -2.30. The Labute approximate surface area is 190 Å². The Morgan fingerprint density at radius 3 is 2.59 bits per heavy atom. The highest BCUT2D eigenvalue weighted by Crippen LogP contribution is 2.39. The third-order valence-electron chi connectivity index (χ3n) is 6.10. The Hall–Kier alpha value is -3.02. The van der Waals surface area contributed by atoms with Crippen LogP contribution in [0.5, 0.6) is 5.75 Å². The number of ether oxygens (including phenoxy) is 1. The van der Waals surface area contributed by atoms with Crippen molar-refractivity contribution in [3.05, 3.63) is 58.1 Å². The summed E-state index contributed by atoms with van der Waals surface area (Å²) in [7, 11) is 0. The third kappa shape index (κ3) is 5.42. The number of phenolic OH excluding ortho intramolecular Hbond substituents is 1. The van der Waals surface area contributed by atoms with Crippen LogP contribution >= 0.6 is 0 Å². The van der Waals surface area contributed by atoms with E-state index in [0.29, 0.717) is 19.7 Å². The van der Waals surface area contributed by atoms with Crippen LogP contribution in [0, 0.1) is 19.3 Å². The number of nitrogens with zero attached hydrogens (tertiary/aromatic N) is 1. The molecule has 6 heteroatoms. The monoisotopic (exact) mass is 438 g/mol. The van der Waals surface area contributed by atoms with Crippen LogP contribution in [0.25, 0.3) is 0 Å². The Balaban J connectivity index is 1.77. The molecule has 1 aliphatic rings. The Morgan fingerprint density at radius 2 is 1.91 bits per heavy atom. The predicted molar refractivity (Wildman–Crippen MR) is 126 cm³/mol. The average Bonchev–Trinajstić information content (AvgIpc) is 3.14. The quantitative estimate of drug-likeness (QED) is 0.611. The van der Waals surface area contributed by atoms with Crippen LogP contribution in [0.1, 0.15) is 53.4 Å². The maximum absolute atomic E-state index is 12.6. The van der Waals surface area contributed by atoms with Crippen molar-refractivity contribution in [2.75, 3.05) is 31.1 Å². The molecular weight excluding hydrogens is 404 g/mol. The number of carbonyl (C=O) groups excluding carboxylic acids is 2. The molecule has 3 rings (SSSR count). The molecule has 0 unspecified atom stereocenters. The zero-order valence-electron chi connectivity index (χ0n) is 19.7. The molecule has 0 saturated carbocycles. The first kappa shape index (κ1) is 23.6. The summed E-state index contributed by atoms with van der Waals surface area (Å²) in [5.74, 6) is -0.546. The predicted octanol–water partition coefficient (Wildman–Crippen LogP) is 3.93. The summed E-state index contributed by atoms with van der Waals surface area (Å²) in [5.41, 5.74) is 6.53. The molecule has 6 nitrogen and oxygen atoms in total. The lowest BCUT2D eigenvalue weighted by atomic mass is 9.82. The standard InChI is InChI=1S/C26H34N2O4/c1-17-14-18(2)22(24-20(17)10-11-28(24)12-13-32-19(3)29)15-26(4,5)16-27-25(31)21-8-6-7-9-23(21)30/h6-9,14,30H,10-13,15-16H2,1-5H3,(H,27,31). The number of aryl methyl sites for hydroxylation is 2. The normalized spacial score (nSPS) is 13.1. The van der Waals surface area contributed by atoms with Gasteiger partial charge in [-0.1, -0.05) is 32.0 Å². The summed E-state index contributed by atoms with van der Waals surface area (Å²) in [6.07, 6.45) is 1.78. The summed E-state index contributed by atoms with van der Waals surface area (Å²) < 4.78 is 5.19. The van der Waals surface area contributed by atoms with E-state index in [0.717, 1.165) is 19.4 Å². The van der Waals surface area contributed by atoms with Gasteiger partial charge in [0.2, 0.25) is 0 Å². The molecule has 0 spiro atoms. The molecule has 32 heavy (non-hydrogen) atoms. The molecule has 0 aromatic heterocycles. The number of phenols is 1. The Morgan fingerprint density at radius 1 is 1.19 bits per heavy atom. The van der Waals surface area contributed by atoms with Crippen molar-refractivity contribution in [1.29, 1.82) is 0 Å². The number of benzene rings is 2. The van der Waals surface area contributed by atoms with E-state index in [1.54, 1.807) is 18.2 Å². The molecule has 2 aromatic carbocycles. The van der Waals surface area contributed by atoms with Gasteiger partial charge in [-0.15, -0.1) is 0 Å². The van der Waals surface area contributed by atoms with Gasteiger partial charge in [0, 0.05) is 25.7 Å². The van der Waals surface area contributed by atoms with Gasteiger partial charge in [0.25, 0.3) is 5.91 Å². The van der Waals surface area contributed by atoms with Crippen molar-refractivity contribution in [2.24, 2.45) is 5.41 Å². The second kappa shape index (κ2) is 9.63. The largest absolute Gasteiger partial charge is 0.507 e. The third-order valence-corrected chi connectivity index (χ3v) is 6.10. The molecule has 172 valence electrons. The van der Waals surface area contributed by atoms with Crippen molar-refractivity contribution < 1.29 is 19.4 Å². The average molecular weight is 439 g/mol. The number of anilines is 1. The zero-order valence-corrected chi connectivity index (χ0v) is 19.7. The number of para-hydroxylation sites is 1. The van der Waals surface area contributed by atoms with Crippen molar-refractivity contribution >= 4 is 17.6 Å². The van der Waals surface area contributed by atoms with Gasteiger partial charge in [-0.3, -0.25) is 9.59 Å². The number of esters is 1. The first-order chi connectivity index (χ1) is 15.1. The van der Waals surface area contributed by atoms with E-state index in [2.05, 4.69) is 44.0 Å². The van der Waals surface area contributed by atoms with Crippen molar-refractivity contribution in [3.63, 3.8) is 0 Å². The van der Waals surface area contributed by atoms with Crippen molar-refractivity contribution in [1.82, 2.24) is 5.32 Å². The second-order valence-electron chi connectivity index (χ2n) is 9.43. The smallest absolute Gasteiger partial charge is 0.302 e. The highest BCUT2D eigenvalue weighted by Gasteiger charge is 2.29. The van der Waals surface area contributed by atoms with Crippen LogP contribution < -0.4 is 10.2 Å². The number of carbonyl (C=O) groups is 2. The summed E-state index contributed by atoms with van der Waals surface area (Å²) in [4.78, 5) is 26.1. The molecule has 0 aliphatic carbocycles. The van der Waals surface area contributed by atoms with E-state index in [4.69, 9.17) is 4.74 Å². The van der Waals surface area contributed by atoms with E-state index in [9.17, 15) is 14.7 Å². The molecule has 1 amide bonds. The highest BCUT2D eigenvalue weighted by atomic mass is 16.5. The Kier molecular flexibility index (Phi) is 7.12. The van der Waals surface area contributed by atoms with Gasteiger partial charge in [-0.25, -0.2) is 0 Å². The number of nitrogens with one attached hydrogen (secondary N) is 1. The van der Waals surface area contributed by atoms with Gasteiger partial charge < -0.3 is 20.1 Å². The van der Waals surface area contributed by atoms with Gasteiger partial charge in [-0.2, -0.15) is 0 Å². The number of rotatable bonds is 8. The van der Waals surface area contributed by atoms with Gasteiger partial charge in [0.05, 0.1) is 12.1 Å². The van der Waals surface area contributed by atoms with E-state index in [1.165, 1.54) is 40.9 Å². The highest BCUT2D eigenvalue weighted by molar-refractivity contribution is 5.96. The second-order valence-corrected chi connectivity index (χ2v) is 9.43. The molecule has 0 fully saturated rings. The molecule has 2 N–H and O–H groups in total. The summed E-state index contributed by atoms with van der Waals surface area (Å²) >= 11 is 0. The Bertz CT molecular complexity index is 1010. The maximum atomic E-state index is 12.6. The minimum absolute atomic E-state index is 0.0153. The first-order valence-corrected chi connectivity index (χ1v) is 11.2. The van der Waals surface area contributed by atoms with Crippen LogP contribution in [0.4, 0.5) is 5.69 Å². The minimum atomic E-state index is -0.273. The van der Waals surface area contributed by atoms with E-state index in [-0.39, 0.29) is 28.6 Å². The van der Waals surface area contributed by atoms with Gasteiger partial charge in [0.1, 0.15) is 12.4 Å². The SMILES string of the molecule is CC(=O)OCCN1CCc2c(C)cc(C)c(CC(C)(C)CNC(=O)c3ccccc3O)c21. The molecule has 0 bridgehead atoms. The van der Waals surface area contributed by atoms with Crippen molar-refractivity contribution in [2.45, 2.75) is 47.5 Å². The molecule has 0 saturated heterocycles. The maximum Gasteiger partial charge on any atom is 0.302 e. The molecule has 0 atom stereocenters. The van der Waals surface area contributed by atoms with Crippen molar-refractivity contribution in [3.8, 4) is 5.75 Å². The van der Waals surface area contributed by atoms with Crippen LogP contribution in [0.15, 0.2) is 30.3 Å². The minimum Gasteiger partial charge on any atom is -0.507 e. The molecule has 1 heterocycles.